The Balaban J connectivity index is 1.55. The van der Waals surface area contributed by atoms with Gasteiger partial charge in [-0.2, -0.15) is 0 Å². The van der Waals surface area contributed by atoms with E-state index in [0.29, 0.717) is 16.3 Å². The first kappa shape index (κ1) is 34.0. The molecule has 11 heteroatoms. The van der Waals surface area contributed by atoms with Crippen molar-refractivity contribution in [1.29, 1.82) is 0 Å². The van der Waals surface area contributed by atoms with E-state index in [0.717, 1.165) is 5.56 Å². The molecule has 0 unspecified atom stereocenters. The molecule has 1 fully saturated rings. The van der Waals surface area contributed by atoms with Gasteiger partial charge in [0, 0.05) is 25.3 Å². The zero-order valence-corrected chi connectivity index (χ0v) is 26.8. The Morgan fingerprint density at radius 1 is 1.02 bits per heavy atom. The second-order valence-corrected chi connectivity index (χ2v) is 12.2. The number of carbonyl (C=O) groups is 4. The molecule has 242 valence electrons. The molecule has 2 aromatic carbocycles. The number of carbonyl (C=O) groups excluding carboxylic acids is 4. The maximum atomic E-state index is 13.4. The largest absolute Gasteiger partial charge is 0.495 e. The van der Waals surface area contributed by atoms with Crippen LogP contribution in [0, 0.1) is 11.8 Å². The normalized spacial score (nSPS) is 26.2. The summed E-state index contributed by atoms with van der Waals surface area (Å²) in [5.74, 6) is -1.99. The monoisotopic (exact) mass is 640 g/mol. The van der Waals surface area contributed by atoms with Crippen LogP contribution in [-0.4, -0.2) is 61.8 Å². The average Bonchev–Trinajstić information content (AvgIpc) is 3.80. The standard InChI is InChI=1S/C34H41ClN2O8/c1-20(2)17-28-34(41)44-26(21(3)31-32(45-31)23-9-6-5-7-10-23)11-8-12-29(38)37-25(33(40)36-16-15-30(39)43-28)19-22-13-14-27(42-4)24(35)18-22/h5-10,12-14,18,20-21,25-26,28,31-32H,11,15-17,19H2,1-4H3,(H,36,40)(H,37,38)/b12-8+/t21-,25+,26-,28-,31+,32-/m0/s1. The lowest BCUT2D eigenvalue weighted by atomic mass is 9.93. The molecule has 4 rings (SSSR count). The summed E-state index contributed by atoms with van der Waals surface area (Å²) < 4.78 is 22.7. The molecule has 2 aliphatic rings. The van der Waals surface area contributed by atoms with E-state index in [1.54, 1.807) is 24.3 Å². The second kappa shape index (κ2) is 15.9. The van der Waals surface area contributed by atoms with Crippen molar-refractivity contribution in [3.63, 3.8) is 0 Å². The summed E-state index contributed by atoms with van der Waals surface area (Å²) in [5, 5.41) is 5.80. The van der Waals surface area contributed by atoms with Gasteiger partial charge in [-0.1, -0.05) is 74.8 Å². The molecule has 2 aromatic rings. The first-order valence-corrected chi connectivity index (χ1v) is 15.6. The van der Waals surface area contributed by atoms with Crippen molar-refractivity contribution in [1.82, 2.24) is 10.6 Å². The first-order chi connectivity index (χ1) is 21.5. The molecule has 0 aromatic heterocycles. The van der Waals surface area contributed by atoms with Crippen molar-refractivity contribution >= 4 is 35.4 Å². The topological polar surface area (TPSA) is 133 Å². The third-order valence-corrected chi connectivity index (χ3v) is 8.10. The molecular formula is C34H41ClN2O8. The van der Waals surface area contributed by atoms with Crippen LogP contribution < -0.4 is 15.4 Å². The maximum absolute atomic E-state index is 13.4. The predicted molar refractivity (Wildman–Crippen MR) is 167 cm³/mol. The second-order valence-electron chi connectivity index (χ2n) is 11.8. The van der Waals surface area contributed by atoms with Crippen molar-refractivity contribution < 1.29 is 38.1 Å². The van der Waals surface area contributed by atoms with Gasteiger partial charge in [-0.15, -0.1) is 0 Å². The Labute approximate surface area is 268 Å². The number of esters is 2. The van der Waals surface area contributed by atoms with Crippen LogP contribution in [0.15, 0.2) is 60.7 Å². The summed E-state index contributed by atoms with van der Waals surface area (Å²) in [6, 6.07) is 13.9. The van der Waals surface area contributed by atoms with Crippen LogP contribution in [-0.2, 0) is 39.8 Å². The number of cyclic esters (lactones) is 2. The quantitative estimate of drug-likeness (QED) is 0.319. The van der Waals surface area contributed by atoms with Crippen molar-refractivity contribution in [2.24, 2.45) is 11.8 Å². The minimum atomic E-state index is -1.11. The van der Waals surface area contributed by atoms with Crippen LogP contribution in [0.1, 0.15) is 57.3 Å². The molecule has 2 aliphatic heterocycles. The number of nitrogens with one attached hydrogen (secondary N) is 2. The fraction of sp³-hybridized carbons (Fsp3) is 0.471. The smallest absolute Gasteiger partial charge is 0.347 e. The van der Waals surface area contributed by atoms with E-state index in [1.165, 1.54) is 13.2 Å². The van der Waals surface area contributed by atoms with Crippen LogP contribution in [0.2, 0.25) is 5.02 Å². The minimum Gasteiger partial charge on any atom is -0.495 e. The molecule has 2 N–H and O–H groups in total. The molecule has 45 heavy (non-hydrogen) atoms. The third kappa shape index (κ3) is 9.80. The Morgan fingerprint density at radius 3 is 2.47 bits per heavy atom. The Kier molecular flexibility index (Phi) is 12.0. The average molecular weight is 641 g/mol. The summed E-state index contributed by atoms with van der Waals surface area (Å²) in [6.07, 6.45) is 1.28. The predicted octanol–water partition coefficient (Wildman–Crippen LogP) is 4.49. The van der Waals surface area contributed by atoms with E-state index in [4.69, 9.17) is 30.5 Å². The lowest BCUT2D eigenvalue weighted by molar-refractivity contribution is -0.174. The van der Waals surface area contributed by atoms with E-state index in [9.17, 15) is 19.2 Å². The summed E-state index contributed by atoms with van der Waals surface area (Å²) in [4.78, 5) is 52.3. The highest BCUT2D eigenvalue weighted by Gasteiger charge is 2.47. The van der Waals surface area contributed by atoms with Crippen molar-refractivity contribution in [2.45, 2.75) is 76.9 Å². The van der Waals surface area contributed by atoms with Gasteiger partial charge < -0.3 is 29.6 Å². The van der Waals surface area contributed by atoms with Gasteiger partial charge in [0.2, 0.25) is 11.8 Å². The van der Waals surface area contributed by atoms with E-state index in [1.807, 2.05) is 51.1 Å². The van der Waals surface area contributed by atoms with Gasteiger partial charge in [0.05, 0.1) is 24.7 Å². The zero-order valence-electron chi connectivity index (χ0n) is 26.0. The molecule has 10 nitrogen and oxygen atoms in total. The summed E-state index contributed by atoms with van der Waals surface area (Å²) in [6.45, 7) is 5.72. The van der Waals surface area contributed by atoms with Crippen LogP contribution in [0.4, 0.5) is 0 Å². The molecule has 2 heterocycles. The van der Waals surface area contributed by atoms with E-state index in [2.05, 4.69) is 10.6 Å². The number of methoxy groups -OCH3 is 1. The molecule has 6 atom stereocenters. The first-order valence-electron chi connectivity index (χ1n) is 15.2. The molecule has 1 saturated heterocycles. The van der Waals surface area contributed by atoms with Crippen molar-refractivity contribution in [2.75, 3.05) is 13.7 Å². The highest BCUT2D eigenvalue weighted by molar-refractivity contribution is 6.32. The van der Waals surface area contributed by atoms with Gasteiger partial charge in [0.15, 0.2) is 6.10 Å². The van der Waals surface area contributed by atoms with Gasteiger partial charge >= 0.3 is 11.9 Å². The van der Waals surface area contributed by atoms with Crippen LogP contribution in [0.5, 0.6) is 5.75 Å². The highest BCUT2D eigenvalue weighted by Crippen LogP contribution is 2.45. The minimum absolute atomic E-state index is 0.0431. The molecule has 2 amide bonds. The van der Waals surface area contributed by atoms with Gasteiger partial charge in [-0.05, 0) is 41.7 Å². The van der Waals surface area contributed by atoms with Gasteiger partial charge in [0.1, 0.15) is 24.0 Å². The number of epoxide rings is 1. The fourth-order valence-electron chi connectivity index (χ4n) is 5.30. The number of ether oxygens (including phenoxy) is 4. The van der Waals surface area contributed by atoms with Crippen LogP contribution in [0.25, 0.3) is 0 Å². The SMILES string of the molecule is COc1ccc(C[C@H]2NC(=O)/C=C/C[C@@H]([C@H](C)[C@H]3O[C@H]3c3ccccc3)OC(=O)[C@H](CC(C)C)OC(=O)CCNC2=O)cc1Cl. The van der Waals surface area contributed by atoms with Crippen molar-refractivity contribution in [3.8, 4) is 5.75 Å². The van der Waals surface area contributed by atoms with E-state index >= 15 is 0 Å². The maximum Gasteiger partial charge on any atom is 0.347 e. The number of hydrogen-bond acceptors (Lipinski definition) is 8. The Morgan fingerprint density at radius 2 is 1.78 bits per heavy atom. The number of benzene rings is 2. The molecule has 0 spiro atoms. The van der Waals surface area contributed by atoms with Crippen molar-refractivity contribution in [3.05, 3.63) is 76.8 Å². The molecule has 0 aliphatic carbocycles. The lowest BCUT2D eigenvalue weighted by Gasteiger charge is -2.26. The fourth-order valence-corrected chi connectivity index (χ4v) is 5.58. The molecule has 0 saturated carbocycles. The van der Waals surface area contributed by atoms with Crippen LogP contribution >= 0.6 is 11.6 Å². The Bertz CT molecular complexity index is 1380. The summed E-state index contributed by atoms with van der Waals surface area (Å²) in [7, 11) is 1.50. The van der Waals surface area contributed by atoms with Crippen LogP contribution in [0.3, 0.4) is 0 Å². The highest BCUT2D eigenvalue weighted by atomic mass is 35.5. The third-order valence-electron chi connectivity index (χ3n) is 7.80. The van der Waals surface area contributed by atoms with E-state index < -0.39 is 42.0 Å². The van der Waals surface area contributed by atoms with Gasteiger partial charge in [0.25, 0.3) is 0 Å². The van der Waals surface area contributed by atoms with Gasteiger partial charge in [-0.3, -0.25) is 14.4 Å². The summed E-state index contributed by atoms with van der Waals surface area (Å²) in [5.41, 5.74) is 1.73. The Hall–Kier alpha value is -3.89. The molecule has 0 radical (unpaired) electrons. The lowest BCUT2D eigenvalue weighted by Crippen LogP contribution is -2.48. The van der Waals surface area contributed by atoms with Gasteiger partial charge in [-0.25, -0.2) is 4.79 Å². The summed E-state index contributed by atoms with van der Waals surface area (Å²) >= 11 is 6.28. The number of hydrogen-bond donors (Lipinski definition) is 2. The number of halogens is 1. The number of amides is 2. The molecule has 0 bridgehead atoms. The zero-order chi connectivity index (χ0) is 32.5. The molecular weight excluding hydrogens is 600 g/mol. The number of rotatable bonds is 8. The van der Waals surface area contributed by atoms with E-state index in [-0.39, 0.29) is 56.3 Å².